The highest BCUT2D eigenvalue weighted by atomic mass is 32.1. The van der Waals surface area contributed by atoms with Crippen LogP contribution in [0, 0.1) is 20.8 Å². The maximum absolute atomic E-state index is 5.95. The van der Waals surface area contributed by atoms with Crippen molar-refractivity contribution in [3.8, 4) is 11.4 Å². The van der Waals surface area contributed by atoms with Crippen LogP contribution >= 0.6 is 12.2 Å². The van der Waals surface area contributed by atoms with Gasteiger partial charge in [0.05, 0.1) is 36.3 Å². The Kier molecular flexibility index (Phi) is 6.54. The number of hydrogen-bond donors (Lipinski definition) is 1. The van der Waals surface area contributed by atoms with E-state index < -0.39 is 0 Å². The summed E-state index contributed by atoms with van der Waals surface area (Å²) in [5.41, 5.74) is 9.39. The van der Waals surface area contributed by atoms with Crippen LogP contribution in [-0.2, 0) is 6.42 Å². The number of nitrogens with zero attached hydrogens (tertiary/aromatic N) is 3. The zero-order chi connectivity index (χ0) is 25.4. The zero-order valence-electron chi connectivity index (χ0n) is 21.4. The maximum Gasteiger partial charge on any atom is 0.174 e. The molecular formula is C30H32N4OS. The predicted molar refractivity (Wildman–Crippen MR) is 150 cm³/mol. The monoisotopic (exact) mass is 496 g/mol. The molecule has 0 bridgehead atoms. The highest BCUT2D eigenvalue weighted by Gasteiger charge is 2.43. The van der Waals surface area contributed by atoms with E-state index in [1.165, 1.54) is 33.8 Å². The second-order valence-electron chi connectivity index (χ2n) is 9.27. The van der Waals surface area contributed by atoms with E-state index >= 15 is 0 Å². The van der Waals surface area contributed by atoms with E-state index in [-0.39, 0.29) is 12.1 Å². The number of methoxy groups -OCH3 is 1. The molecule has 0 saturated carbocycles. The van der Waals surface area contributed by atoms with Gasteiger partial charge in [0.25, 0.3) is 0 Å². The molecule has 2 aromatic carbocycles. The number of hydrogen-bond acceptors (Lipinski definition) is 3. The Balaban J connectivity index is 1.73. The normalized spacial score (nSPS) is 17.4. The number of thiocarbonyl (C=S) groups is 1. The van der Waals surface area contributed by atoms with Gasteiger partial charge in [0.15, 0.2) is 5.11 Å². The molecule has 2 aromatic heterocycles. The molecule has 184 valence electrons. The Labute approximate surface area is 218 Å². The highest BCUT2D eigenvalue weighted by Crippen LogP contribution is 2.46. The number of aromatic nitrogens is 2. The van der Waals surface area contributed by atoms with Gasteiger partial charge in [-0.1, -0.05) is 43.3 Å². The minimum absolute atomic E-state index is 0.0993. The van der Waals surface area contributed by atoms with Crippen molar-refractivity contribution in [1.29, 1.82) is 0 Å². The third-order valence-electron chi connectivity index (χ3n) is 7.16. The third kappa shape index (κ3) is 3.95. The van der Waals surface area contributed by atoms with Gasteiger partial charge in [-0.3, -0.25) is 4.98 Å². The lowest BCUT2D eigenvalue weighted by atomic mass is 9.96. The molecule has 1 aliphatic rings. The van der Waals surface area contributed by atoms with Crippen molar-refractivity contribution in [3.63, 3.8) is 0 Å². The van der Waals surface area contributed by atoms with E-state index in [0.717, 1.165) is 23.6 Å². The van der Waals surface area contributed by atoms with Gasteiger partial charge in [0.1, 0.15) is 5.75 Å². The average molecular weight is 497 g/mol. The molecule has 36 heavy (non-hydrogen) atoms. The van der Waals surface area contributed by atoms with Crippen molar-refractivity contribution in [3.05, 3.63) is 107 Å². The molecule has 6 heteroatoms. The Morgan fingerprint density at radius 3 is 2.50 bits per heavy atom. The molecule has 2 atom stereocenters. The van der Waals surface area contributed by atoms with E-state index in [2.05, 4.69) is 78.9 Å². The lowest BCUT2D eigenvalue weighted by Crippen LogP contribution is -2.30. The molecule has 3 heterocycles. The van der Waals surface area contributed by atoms with Crippen molar-refractivity contribution in [2.75, 3.05) is 12.0 Å². The zero-order valence-corrected chi connectivity index (χ0v) is 22.3. The number of pyridine rings is 1. The molecule has 1 N–H and O–H groups in total. The molecule has 0 aliphatic carbocycles. The first-order valence-electron chi connectivity index (χ1n) is 12.4. The third-order valence-corrected chi connectivity index (χ3v) is 7.47. The molecule has 5 rings (SSSR count). The van der Waals surface area contributed by atoms with E-state index in [9.17, 15) is 0 Å². The molecule has 0 unspecified atom stereocenters. The topological polar surface area (TPSA) is 42.3 Å². The number of nitrogens with one attached hydrogen (secondary N) is 1. The van der Waals surface area contributed by atoms with E-state index in [0.29, 0.717) is 5.11 Å². The van der Waals surface area contributed by atoms with Crippen molar-refractivity contribution in [2.45, 2.75) is 46.2 Å². The summed E-state index contributed by atoms with van der Waals surface area (Å²) in [6, 6.07) is 22.7. The summed E-state index contributed by atoms with van der Waals surface area (Å²) in [5, 5.41) is 4.24. The first kappa shape index (κ1) is 24.1. The lowest BCUT2D eigenvalue weighted by molar-refractivity contribution is 0.414. The second-order valence-corrected chi connectivity index (χ2v) is 9.65. The van der Waals surface area contributed by atoms with Crippen LogP contribution in [0.15, 0.2) is 72.9 Å². The van der Waals surface area contributed by atoms with Crippen LogP contribution in [-0.4, -0.2) is 21.8 Å². The van der Waals surface area contributed by atoms with E-state index in [1.807, 2.05) is 36.5 Å². The fourth-order valence-electron chi connectivity index (χ4n) is 5.52. The Morgan fingerprint density at radius 2 is 1.78 bits per heavy atom. The quantitative estimate of drug-likeness (QED) is 0.307. The fraction of sp³-hybridized carbons (Fsp3) is 0.267. The summed E-state index contributed by atoms with van der Waals surface area (Å²) in [4.78, 5) is 6.91. The van der Waals surface area contributed by atoms with Crippen LogP contribution in [0.4, 0.5) is 5.69 Å². The molecule has 5 nitrogen and oxygen atoms in total. The fourth-order valence-corrected chi connectivity index (χ4v) is 5.85. The minimum Gasteiger partial charge on any atom is -0.495 e. The summed E-state index contributed by atoms with van der Waals surface area (Å²) < 4.78 is 8.16. The van der Waals surface area contributed by atoms with Gasteiger partial charge >= 0.3 is 0 Å². The second kappa shape index (κ2) is 9.78. The number of aryl methyl sites for hydroxylation is 3. The molecule has 1 fully saturated rings. The minimum atomic E-state index is -0.111. The SMILES string of the molecule is CCc1cccc(C)c1-n1c(C)cc([C@H]2[C@H](c3ccccn3)NC(=S)N2c2ccccc2OC)c1C. The standard InChI is InChI=1S/C30H32N4OS/c1-6-22-13-11-12-19(2)28(22)33-20(3)18-23(21(33)4)29-27(24-14-9-10-17-31-24)32-30(36)34(29)25-15-7-8-16-26(25)35-5/h7-18,27,29H,6H2,1-5H3,(H,32,36)/t27-,29-/m0/s1. The van der Waals surface area contributed by atoms with Gasteiger partial charge in [-0.2, -0.15) is 0 Å². The van der Waals surface area contributed by atoms with Crippen LogP contribution < -0.4 is 15.0 Å². The van der Waals surface area contributed by atoms with Gasteiger partial charge in [0, 0.05) is 17.6 Å². The van der Waals surface area contributed by atoms with Crippen molar-refractivity contribution >= 4 is 23.0 Å². The molecule has 1 saturated heterocycles. The van der Waals surface area contributed by atoms with E-state index in [4.69, 9.17) is 21.9 Å². The summed E-state index contributed by atoms with van der Waals surface area (Å²) in [6.07, 6.45) is 2.81. The largest absolute Gasteiger partial charge is 0.495 e. The highest BCUT2D eigenvalue weighted by molar-refractivity contribution is 7.80. The predicted octanol–water partition coefficient (Wildman–Crippen LogP) is 6.55. The summed E-state index contributed by atoms with van der Waals surface area (Å²) in [5.74, 6) is 0.786. The first-order chi connectivity index (χ1) is 17.5. The molecule has 1 aliphatic heterocycles. The van der Waals surface area contributed by atoms with Crippen molar-refractivity contribution in [2.24, 2.45) is 0 Å². The number of para-hydroxylation sites is 3. The molecular weight excluding hydrogens is 464 g/mol. The van der Waals surface area contributed by atoms with Crippen LogP contribution in [0.2, 0.25) is 0 Å². The van der Waals surface area contributed by atoms with Crippen LogP contribution in [0.1, 0.15) is 52.8 Å². The lowest BCUT2D eigenvalue weighted by Gasteiger charge is -2.29. The Morgan fingerprint density at radius 1 is 1.00 bits per heavy atom. The van der Waals surface area contributed by atoms with Crippen LogP contribution in [0.5, 0.6) is 5.75 Å². The molecule has 0 radical (unpaired) electrons. The van der Waals surface area contributed by atoms with Gasteiger partial charge in [-0.25, -0.2) is 0 Å². The summed E-state index contributed by atoms with van der Waals surface area (Å²) in [7, 11) is 1.70. The van der Waals surface area contributed by atoms with Crippen LogP contribution in [0.3, 0.4) is 0 Å². The Hall–Kier alpha value is -3.64. The van der Waals surface area contributed by atoms with Gasteiger partial charge in [-0.15, -0.1) is 0 Å². The Bertz CT molecular complexity index is 1410. The molecule has 0 spiro atoms. The number of anilines is 1. The number of ether oxygens (including phenoxy) is 1. The van der Waals surface area contributed by atoms with Crippen LogP contribution in [0.25, 0.3) is 5.69 Å². The number of benzene rings is 2. The van der Waals surface area contributed by atoms with Gasteiger partial charge in [-0.05, 0) is 86.4 Å². The van der Waals surface area contributed by atoms with E-state index in [1.54, 1.807) is 7.11 Å². The number of rotatable bonds is 6. The molecule has 0 amide bonds. The summed E-state index contributed by atoms with van der Waals surface area (Å²) in [6.45, 7) is 8.81. The van der Waals surface area contributed by atoms with Gasteiger partial charge < -0.3 is 19.5 Å². The van der Waals surface area contributed by atoms with Crippen molar-refractivity contribution in [1.82, 2.24) is 14.9 Å². The smallest absolute Gasteiger partial charge is 0.174 e. The average Bonchev–Trinajstić information content (AvgIpc) is 3.39. The maximum atomic E-state index is 5.95. The first-order valence-corrected chi connectivity index (χ1v) is 12.8. The van der Waals surface area contributed by atoms with Gasteiger partial charge in [0.2, 0.25) is 0 Å². The molecule has 4 aromatic rings. The summed E-state index contributed by atoms with van der Waals surface area (Å²) >= 11 is 5.95. The van der Waals surface area contributed by atoms with Crippen molar-refractivity contribution < 1.29 is 4.74 Å².